The molecule has 0 bridgehead atoms. The fourth-order valence-corrected chi connectivity index (χ4v) is 9.18. The molecule has 0 spiro atoms. The highest BCUT2D eigenvalue weighted by molar-refractivity contribution is 6.29. The normalized spacial score (nSPS) is 14.5. The van der Waals surface area contributed by atoms with Crippen molar-refractivity contribution in [2.24, 2.45) is 9.98 Å². The maximum Gasteiger partial charge on any atom is 0.163 e. The van der Waals surface area contributed by atoms with Gasteiger partial charge in [0, 0.05) is 27.5 Å². The Morgan fingerprint density at radius 2 is 0.825 bits per heavy atom. The van der Waals surface area contributed by atoms with Crippen molar-refractivity contribution in [2.45, 2.75) is 6.17 Å². The maximum atomic E-state index is 7.12. The summed E-state index contributed by atoms with van der Waals surface area (Å²) < 4.78 is 7.12. The molecule has 2 heterocycles. The number of nitrogens with zero attached hydrogens (tertiary/aromatic N) is 2. The Kier molecular flexibility index (Phi) is 6.96. The Morgan fingerprint density at radius 3 is 1.54 bits per heavy atom. The molecule has 57 heavy (non-hydrogen) atoms. The van der Waals surface area contributed by atoms with Crippen molar-refractivity contribution in [1.29, 1.82) is 0 Å². The first-order chi connectivity index (χ1) is 28.3. The minimum Gasteiger partial charge on any atom is -0.455 e. The molecular formula is C53H33N3O. The molecule has 0 amide bonds. The minimum atomic E-state index is -0.383. The van der Waals surface area contributed by atoms with E-state index in [1.807, 2.05) is 0 Å². The number of nitrogens with one attached hydrogen (secondary N) is 1. The van der Waals surface area contributed by atoms with Gasteiger partial charge in [0.25, 0.3) is 0 Å². The topological polar surface area (TPSA) is 49.9 Å². The summed E-state index contributed by atoms with van der Waals surface area (Å²) in [6.07, 6.45) is -0.383. The van der Waals surface area contributed by atoms with Gasteiger partial charge in [0.15, 0.2) is 5.84 Å². The lowest BCUT2D eigenvalue weighted by molar-refractivity contribution is 0.665. The number of aliphatic imine (C=N–C) groups is 2. The molecule has 1 atom stereocenters. The van der Waals surface area contributed by atoms with E-state index in [-0.39, 0.29) is 6.17 Å². The lowest BCUT2D eigenvalue weighted by atomic mass is 9.89. The summed E-state index contributed by atoms with van der Waals surface area (Å²) in [4.78, 5) is 10.7. The number of hydrogen-bond acceptors (Lipinski definition) is 4. The molecule has 0 saturated carbocycles. The lowest BCUT2D eigenvalue weighted by Gasteiger charge is -2.25. The summed E-state index contributed by atoms with van der Waals surface area (Å²) in [5.41, 5.74) is 6.80. The number of fused-ring (bicyclic) bond motifs is 11. The molecule has 10 aromatic carbocycles. The molecule has 11 aromatic rings. The molecule has 0 fully saturated rings. The van der Waals surface area contributed by atoms with Crippen LogP contribution in [0.15, 0.2) is 202 Å². The van der Waals surface area contributed by atoms with Crippen molar-refractivity contribution in [2.75, 3.05) is 0 Å². The predicted molar refractivity (Wildman–Crippen MR) is 239 cm³/mol. The number of hydrogen-bond donors (Lipinski definition) is 1. The number of benzene rings is 10. The van der Waals surface area contributed by atoms with Crippen LogP contribution in [0.25, 0.3) is 86.9 Å². The van der Waals surface area contributed by atoms with Crippen molar-refractivity contribution >= 4 is 87.5 Å². The van der Waals surface area contributed by atoms with E-state index in [1.165, 1.54) is 37.7 Å². The van der Waals surface area contributed by atoms with Crippen LogP contribution >= 0.6 is 0 Å². The third-order valence-corrected chi connectivity index (χ3v) is 11.7. The third-order valence-electron chi connectivity index (χ3n) is 11.7. The second-order valence-electron chi connectivity index (χ2n) is 14.8. The van der Waals surface area contributed by atoms with Crippen molar-refractivity contribution in [1.82, 2.24) is 5.32 Å². The molecule has 0 aliphatic carbocycles. The molecule has 1 aliphatic heterocycles. The van der Waals surface area contributed by atoms with E-state index in [4.69, 9.17) is 14.4 Å². The Hall–Kier alpha value is -7.56. The van der Waals surface area contributed by atoms with Crippen LogP contribution in [-0.2, 0) is 0 Å². The van der Waals surface area contributed by atoms with Gasteiger partial charge in [-0.2, -0.15) is 0 Å². The highest BCUT2D eigenvalue weighted by Gasteiger charge is 2.26. The van der Waals surface area contributed by atoms with E-state index in [0.717, 1.165) is 71.8 Å². The Bertz CT molecular complexity index is 3460. The summed E-state index contributed by atoms with van der Waals surface area (Å²) >= 11 is 0. The van der Waals surface area contributed by atoms with Gasteiger partial charge in [0.1, 0.15) is 23.2 Å². The zero-order valence-electron chi connectivity index (χ0n) is 30.8. The first-order valence-electron chi connectivity index (χ1n) is 19.4. The molecule has 4 nitrogen and oxygen atoms in total. The van der Waals surface area contributed by atoms with Crippen LogP contribution in [0.3, 0.4) is 0 Å². The van der Waals surface area contributed by atoms with Crippen LogP contribution in [0.5, 0.6) is 0 Å². The van der Waals surface area contributed by atoms with Gasteiger partial charge in [0.2, 0.25) is 0 Å². The van der Waals surface area contributed by atoms with Crippen molar-refractivity contribution in [3.63, 3.8) is 0 Å². The highest BCUT2D eigenvalue weighted by Crippen LogP contribution is 2.44. The number of rotatable bonds is 4. The van der Waals surface area contributed by atoms with Crippen molar-refractivity contribution < 1.29 is 4.42 Å². The first kappa shape index (κ1) is 31.8. The molecular weight excluding hydrogens is 695 g/mol. The molecule has 1 unspecified atom stereocenters. The largest absolute Gasteiger partial charge is 0.455 e. The zero-order chi connectivity index (χ0) is 37.5. The SMILES string of the molecule is c1ccc2c(C3=NC(c4cccc5c4oc4c(-c6cccc7c8ccccc8c8ccccc8c67)cccc45)=NC(c4cccc5ccccc45)N3)cccc2c1. The Balaban J connectivity index is 1.10. The average Bonchev–Trinajstić information content (AvgIpc) is 3.68. The number of amidine groups is 2. The standard InChI is InChI=1S/C53H33N3O/c1-3-18-34-32(14-1)16-9-29-45(34)51-54-52(46-30-10-17-33-15-2-4-19-35(33)46)56-53(55-51)47-31-13-28-44-43-27-12-26-42(49(43)57-50(44)47)41-25-11-24-40-38-21-6-5-20-36(38)37-22-7-8-23-39(37)48(40)41/h1-31,51H,(H,54,55,56). The van der Waals surface area contributed by atoms with Gasteiger partial charge in [-0.15, -0.1) is 0 Å². The molecule has 0 radical (unpaired) electrons. The van der Waals surface area contributed by atoms with Gasteiger partial charge in [-0.3, -0.25) is 0 Å². The monoisotopic (exact) mass is 727 g/mol. The van der Waals surface area contributed by atoms with E-state index in [9.17, 15) is 0 Å². The fourth-order valence-electron chi connectivity index (χ4n) is 9.18. The lowest BCUT2D eigenvalue weighted by Crippen LogP contribution is -2.33. The quantitative estimate of drug-likeness (QED) is 0.184. The molecule has 1 aliphatic rings. The Morgan fingerprint density at radius 1 is 0.368 bits per heavy atom. The molecule has 12 rings (SSSR count). The summed E-state index contributed by atoms with van der Waals surface area (Å²) in [6, 6.07) is 66.8. The van der Waals surface area contributed by atoms with Crippen LogP contribution < -0.4 is 5.32 Å². The molecule has 0 saturated heterocycles. The highest BCUT2D eigenvalue weighted by atomic mass is 16.3. The van der Waals surface area contributed by atoms with E-state index < -0.39 is 0 Å². The summed E-state index contributed by atoms with van der Waals surface area (Å²) in [7, 11) is 0. The third kappa shape index (κ3) is 4.87. The second kappa shape index (κ2) is 12.5. The van der Waals surface area contributed by atoms with E-state index >= 15 is 0 Å². The van der Waals surface area contributed by atoms with Crippen LogP contribution in [0.2, 0.25) is 0 Å². The van der Waals surface area contributed by atoms with Crippen molar-refractivity contribution in [3.05, 3.63) is 205 Å². The van der Waals surface area contributed by atoms with Crippen LogP contribution in [0.4, 0.5) is 0 Å². The minimum absolute atomic E-state index is 0.383. The summed E-state index contributed by atoms with van der Waals surface area (Å²) in [5.74, 6) is 1.40. The average molecular weight is 728 g/mol. The van der Waals surface area contributed by atoms with Crippen LogP contribution in [-0.4, -0.2) is 11.7 Å². The van der Waals surface area contributed by atoms with Crippen LogP contribution in [0, 0.1) is 0 Å². The maximum absolute atomic E-state index is 7.12. The van der Waals surface area contributed by atoms with E-state index in [1.54, 1.807) is 0 Å². The van der Waals surface area contributed by atoms with Crippen molar-refractivity contribution in [3.8, 4) is 11.1 Å². The molecule has 4 heteroatoms. The number of para-hydroxylation sites is 2. The van der Waals surface area contributed by atoms with Gasteiger partial charge in [-0.1, -0.05) is 182 Å². The predicted octanol–water partition coefficient (Wildman–Crippen LogP) is 13.5. The fraction of sp³-hybridized carbons (Fsp3) is 0.0189. The first-order valence-corrected chi connectivity index (χ1v) is 19.4. The van der Waals surface area contributed by atoms with Gasteiger partial charge >= 0.3 is 0 Å². The molecule has 1 aromatic heterocycles. The summed E-state index contributed by atoms with van der Waals surface area (Å²) in [6.45, 7) is 0. The van der Waals surface area contributed by atoms with Gasteiger partial charge in [0.05, 0.1) is 5.56 Å². The Labute approximate surface area is 328 Å². The smallest absolute Gasteiger partial charge is 0.163 e. The molecule has 266 valence electrons. The van der Waals surface area contributed by atoms with E-state index in [0.29, 0.717) is 5.84 Å². The summed E-state index contributed by atoms with van der Waals surface area (Å²) in [5, 5.41) is 17.9. The zero-order valence-corrected chi connectivity index (χ0v) is 30.8. The van der Waals surface area contributed by atoms with Gasteiger partial charge in [-0.05, 0) is 65.5 Å². The molecule has 1 N–H and O–H groups in total. The van der Waals surface area contributed by atoms with Crippen LogP contribution in [0.1, 0.15) is 22.9 Å². The van der Waals surface area contributed by atoms with Gasteiger partial charge < -0.3 is 9.73 Å². The number of furan rings is 1. The van der Waals surface area contributed by atoms with E-state index in [2.05, 4.69) is 193 Å². The second-order valence-corrected chi connectivity index (χ2v) is 14.8. The van der Waals surface area contributed by atoms with Gasteiger partial charge in [-0.25, -0.2) is 9.98 Å².